The fourth-order valence-electron chi connectivity index (χ4n) is 2.56. The van der Waals surface area contributed by atoms with Crippen LogP contribution in [0.2, 0.25) is 0 Å². The Morgan fingerprint density at radius 2 is 1.92 bits per heavy atom. The smallest absolute Gasteiger partial charge is 0.261 e. The summed E-state index contributed by atoms with van der Waals surface area (Å²) >= 11 is 0. The number of ether oxygens (including phenoxy) is 1. The van der Waals surface area contributed by atoms with Crippen LogP contribution in [-0.2, 0) is 17.9 Å². The normalized spacial score (nSPS) is 11.8. The summed E-state index contributed by atoms with van der Waals surface area (Å²) in [4.78, 5) is 16.3. The van der Waals surface area contributed by atoms with Crippen LogP contribution < -0.4 is 10.1 Å². The van der Waals surface area contributed by atoms with Gasteiger partial charge in [-0.3, -0.25) is 4.79 Å². The predicted octanol–water partition coefficient (Wildman–Crippen LogP) is 3.15. The van der Waals surface area contributed by atoms with Crippen molar-refractivity contribution in [3.63, 3.8) is 0 Å². The molecule has 0 saturated carbocycles. The average molecular weight is 353 g/mol. The van der Waals surface area contributed by atoms with Crippen LogP contribution in [-0.4, -0.2) is 21.6 Å². The molecule has 3 aromatic rings. The van der Waals surface area contributed by atoms with E-state index >= 15 is 0 Å². The molecule has 2 aromatic carbocycles. The summed E-state index contributed by atoms with van der Waals surface area (Å²) in [6.07, 6.45) is 4.71. The van der Waals surface area contributed by atoms with Crippen molar-refractivity contribution in [1.82, 2.24) is 14.9 Å². The van der Waals surface area contributed by atoms with Gasteiger partial charge in [0, 0.05) is 25.5 Å². The largest absolute Gasteiger partial charge is 0.481 e. The van der Waals surface area contributed by atoms with E-state index in [0.717, 1.165) is 11.1 Å². The summed E-state index contributed by atoms with van der Waals surface area (Å²) in [5.74, 6) is -0.120. The maximum atomic E-state index is 12.9. The Hall–Kier alpha value is -3.15. The van der Waals surface area contributed by atoms with E-state index in [0.29, 0.717) is 18.8 Å². The molecule has 0 aliphatic heterocycles. The van der Waals surface area contributed by atoms with Gasteiger partial charge in [-0.25, -0.2) is 9.37 Å². The number of amides is 1. The van der Waals surface area contributed by atoms with Crippen LogP contribution in [0.4, 0.5) is 4.39 Å². The molecule has 0 aliphatic carbocycles. The minimum Gasteiger partial charge on any atom is -0.481 e. The Morgan fingerprint density at radius 3 is 2.62 bits per heavy atom. The number of benzene rings is 2. The van der Waals surface area contributed by atoms with Crippen molar-refractivity contribution in [2.75, 3.05) is 0 Å². The molecule has 1 N–H and O–H groups in total. The third kappa shape index (κ3) is 4.69. The Kier molecular flexibility index (Phi) is 5.63. The van der Waals surface area contributed by atoms with Gasteiger partial charge in [0.2, 0.25) is 0 Å². The Morgan fingerprint density at radius 1 is 1.19 bits per heavy atom. The molecule has 5 nitrogen and oxygen atoms in total. The van der Waals surface area contributed by atoms with Gasteiger partial charge in [0.05, 0.1) is 6.33 Å². The van der Waals surface area contributed by atoms with Gasteiger partial charge in [0.25, 0.3) is 5.91 Å². The number of nitrogens with zero attached hydrogens (tertiary/aromatic N) is 2. The number of halogens is 1. The highest BCUT2D eigenvalue weighted by Gasteiger charge is 2.15. The van der Waals surface area contributed by atoms with E-state index in [1.807, 2.05) is 35.0 Å². The van der Waals surface area contributed by atoms with E-state index in [1.54, 1.807) is 19.4 Å². The standard InChI is InChI=1S/C20H20FN3O2/c1-15(26-19-8-6-18(21)7-9-19)20(25)23-12-16-4-2-3-5-17(16)13-24-11-10-22-14-24/h2-11,14-15H,12-13H2,1H3,(H,23,25). The highest BCUT2D eigenvalue weighted by Crippen LogP contribution is 2.14. The summed E-state index contributed by atoms with van der Waals surface area (Å²) in [7, 11) is 0. The lowest BCUT2D eigenvalue weighted by Gasteiger charge is -2.16. The van der Waals surface area contributed by atoms with Crippen LogP contribution in [0, 0.1) is 5.82 Å². The lowest BCUT2D eigenvalue weighted by Crippen LogP contribution is -2.36. The predicted molar refractivity (Wildman–Crippen MR) is 96.1 cm³/mol. The van der Waals surface area contributed by atoms with E-state index in [2.05, 4.69) is 10.3 Å². The molecule has 1 heterocycles. The van der Waals surface area contributed by atoms with E-state index in [-0.39, 0.29) is 11.7 Å². The number of nitrogens with one attached hydrogen (secondary N) is 1. The Balaban J connectivity index is 1.58. The molecule has 1 amide bonds. The molecule has 0 aliphatic rings. The first kappa shape index (κ1) is 17.7. The number of carbonyl (C=O) groups excluding carboxylic acids is 1. The lowest BCUT2D eigenvalue weighted by molar-refractivity contribution is -0.127. The number of hydrogen-bond donors (Lipinski definition) is 1. The molecule has 1 unspecified atom stereocenters. The van der Waals surface area contributed by atoms with Gasteiger partial charge >= 0.3 is 0 Å². The quantitative estimate of drug-likeness (QED) is 0.710. The molecule has 1 aromatic heterocycles. The summed E-state index contributed by atoms with van der Waals surface area (Å²) in [6, 6.07) is 13.5. The molecule has 134 valence electrons. The zero-order valence-corrected chi connectivity index (χ0v) is 14.4. The van der Waals surface area contributed by atoms with Gasteiger partial charge < -0.3 is 14.6 Å². The summed E-state index contributed by atoms with van der Waals surface area (Å²) in [5.41, 5.74) is 2.14. The van der Waals surface area contributed by atoms with Crippen LogP contribution in [0.3, 0.4) is 0 Å². The highest BCUT2D eigenvalue weighted by atomic mass is 19.1. The minimum atomic E-state index is -0.679. The molecule has 3 rings (SSSR count). The maximum Gasteiger partial charge on any atom is 0.261 e. The average Bonchev–Trinajstić information content (AvgIpc) is 3.15. The van der Waals surface area contributed by atoms with Crippen molar-refractivity contribution in [3.8, 4) is 5.75 Å². The SMILES string of the molecule is CC(Oc1ccc(F)cc1)C(=O)NCc1ccccc1Cn1ccnc1. The second-order valence-electron chi connectivity index (χ2n) is 5.94. The van der Waals surface area contributed by atoms with E-state index in [4.69, 9.17) is 4.74 Å². The van der Waals surface area contributed by atoms with Crippen molar-refractivity contribution < 1.29 is 13.9 Å². The number of hydrogen-bond acceptors (Lipinski definition) is 3. The summed E-state index contributed by atoms with van der Waals surface area (Å²) in [5, 5.41) is 2.89. The fraction of sp³-hybridized carbons (Fsp3) is 0.200. The molecule has 0 bridgehead atoms. The van der Waals surface area contributed by atoms with Crippen molar-refractivity contribution in [2.45, 2.75) is 26.1 Å². The number of carbonyl (C=O) groups is 1. The van der Waals surface area contributed by atoms with Crippen LogP contribution in [0.25, 0.3) is 0 Å². The van der Waals surface area contributed by atoms with Crippen LogP contribution in [0.15, 0.2) is 67.3 Å². The lowest BCUT2D eigenvalue weighted by atomic mass is 10.1. The summed E-state index contributed by atoms with van der Waals surface area (Å²) < 4.78 is 20.4. The zero-order chi connectivity index (χ0) is 18.4. The third-order valence-electron chi connectivity index (χ3n) is 3.98. The number of aromatic nitrogens is 2. The molecule has 0 fully saturated rings. The van der Waals surface area contributed by atoms with Crippen molar-refractivity contribution >= 4 is 5.91 Å². The molecule has 6 heteroatoms. The first-order valence-electron chi connectivity index (χ1n) is 8.34. The van der Waals surface area contributed by atoms with Crippen LogP contribution in [0.5, 0.6) is 5.75 Å². The third-order valence-corrected chi connectivity index (χ3v) is 3.98. The highest BCUT2D eigenvalue weighted by molar-refractivity contribution is 5.80. The van der Waals surface area contributed by atoms with Gasteiger partial charge in [0.1, 0.15) is 11.6 Å². The van der Waals surface area contributed by atoms with Crippen molar-refractivity contribution in [1.29, 1.82) is 0 Å². The van der Waals surface area contributed by atoms with Gasteiger partial charge in [-0.15, -0.1) is 0 Å². The van der Waals surface area contributed by atoms with Crippen molar-refractivity contribution in [3.05, 3.63) is 84.2 Å². The zero-order valence-electron chi connectivity index (χ0n) is 14.4. The van der Waals surface area contributed by atoms with Crippen LogP contribution in [0.1, 0.15) is 18.1 Å². The van der Waals surface area contributed by atoms with E-state index in [9.17, 15) is 9.18 Å². The second kappa shape index (κ2) is 8.29. The first-order chi connectivity index (χ1) is 12.6. The maximum absolute atomic E-state index is 12.9. The number of imidazole rings is 1. The van der Waals surface area contributed by atoms with Gasteiger partial charge in [-0.1, -0.05) is 24.3 Å². The summed E-state index contributed by atoms with van der Waals surface area (Å²) in [6.45, 7) is 2.75. The first-order valence-corrected chi connectivity index (χ1v) is 8.34. The van der Waals surface area contributed by atoms with Gasteiger partial charge in [-0.05, 0) is 42.3 Å². The van der Waals surface area contributed by atoms with Gasteiger partial charge in [0.15, 0.2) is 6.10 Å². The molecule has 0 spiro atoms. The van der Waals surface area contributed by atoms with Gasteiger partial charge in [-0.2, -0.15) is 0 Å². The molecular weight excluding hydrogens is 333 g/mol. The Bertz CT molecular complexity index is 848. The monoisotopic (exact) mass is 353 g/mol. The Labute approximate surface area is 151 Å². The molecule has 26 heavy (non-hydrogen) atoms. The number of rotatable bonds is 7. The fourth-order valence-corrected chi connectivity index (χ4v) is 2.56. The second-order valence-corrected chi connectivity index (χ2v) is 5.94. The molecule has 0 saturated heterocycles. The molecule has 0 radical (unpaired) electrons. The molecular formula is C20H20FN3O2. The van der Waals surface area contributed by atoms with E-state index < -0.39 is 6.10 Å². The van der Waals surface area contributed by atoms with Crippen molar-refractivity contribution in [2.24, 2.45) is 0 Å². The topological polar surface area (TPSA) is 56.1 Å². The molecule has 1 atom stereocenters. The van der Waals surface area contributed by atoms with E-state index in [1.165, 1.54) is 24.3 Å². The minimum absolute atomic E-state index is 0.230. The van der Waals surface area contributed by atoms with Crippen LogP contribution >= 0.6 is 0 Å².